The summed E-state index contributed by atoms with van der Waals surface area (Å²) in [5, 5.41) is 5.72. The van der Waals surface area contributed by atoms with Crippen molar-refractivity contribution < 1.29 is 22.7 Å². The fourth-order valence-corrected chi connectivity index (χ4v) is 3.49. The molecule has 3 heterocycles. The van der Waals surface area contributed by atoms with Gasteiger partial charge in [0.05, 0.1) is 11.3 Å². The number of cyclic esters (lactones) is 1. The van der Waals surface area contributed by atoms with Gasteiger partial charge < -0.3 is 15.0 Å². The molecule has 1 aromatic rings. The molecule has 1 unspecified atom stereocenters. The van der Waals surface area contributed by atoms with Crippen LogP contribution in [0.4, 0.5) is 23.8 Å². The lowest BCUT2D eigenvalue weighted by molar-refractivity contribution is -0.137. The molecule has 2 saturated heterocycles. The number of amides is 1. The van der Waals surface area contributed by atoms with Crippen LogP contribution >= 0.6 is 0 Å². The molecule has 2 aliphatic rings. The van der Waals surface area contributed by atoms with E-state index in [0.29, 0.717) is 37.3 Å². The molecule has 0 aliphatic carbocycles. The number of carbonyl (C=O) groups is 1. The van der Waals surface area contributed by atoms with Gasteiger partial charge in [0, 0.05) is 38.0 Å². The highest BCUT2D eigenvalue weighted by molar-refractivity contribution is 6.13. The summed E-state index contributed by atoms with van der Waals surface area (Å²) in [5.41, 5.74) is 0.331. The third kappa shape index (κ3) is 5.43. The van der Waals surface area contributed by atoms with Gasteiger partial charge in [0.25, 0.3) is 0 Å². The van der Waals surface area contributed by atoms with Crippen LogP contribution < -0.4 is 15.5 Å². The predicted molar refractivity (Wildman–Crippen MR) is 113 cm³/mol. The van der Waals surface area contributed by atoms with Gasteiger partial charge in [-0.05, 0) is 38.0 Å². The zero-order valence-corrected chi connectivity index (χ0v) is 17.7. The van der Waals surface area contributed by atoms with Crippen LogP contribution in [0.3, 0.4) is 0 Å². The maximum absolute atomic E-state index is 13.6. The van der Waals surface area contributed by atoms with Crippen LogP contribution in [-0.4, -0.2) is 49.2 Å². The lowest BCUT2D eigenvalue weighted by Crippen LogP contribution is -2.44. The molecule has 1 amide bonds. The average molecular weight is 437 g/mol. The van der Waals surface area contributed by atoms with Gasteiger partial charge >= 0.3 is 12.3 Å². The van der Waals surface area contributed by atoms with Gasteiger partial charge in [-0.15, -0.1) is 0 Å². The van der Waals surface area contributed by atoms with Gasteiger partial charge in [-0.3, -0.25) is 5.32 Å². The molecule has 2 N–H and O–H groups in total. The summed E-state index contributed by atoms with van der Waals surface area (Å²) >= 11 is 0. The number of pyridine rings is 1. The Morgan fingerprint density at radius 1 is 1.35 bits per heavy atom. The summed E-state index contributed by atoms with van der Waals surface area (Å²) < 4.78 is 46.2. The highest BCUT2D eigenvalue weighted by Crippen LogP contribution is 2.34. The van der Waals surface area contributed by atoms with Crippen molar-refractivity contribution in [3.63, 3.8) is 0 Å². The second kappa shape index (κ2) is 9.51. The van der Waals surface area contributed by atoms with Crippen LogP contribution in [0.15, 0.2) is 35.0 Å². The summed E-state index contributed by atoms with van der Waals surface area (Å²) in [4.78, 5) is 22.5. The molecular formula is C21H26F3N5O2. The number of alkyl halides is 3. The van der Waals surface area contributed by atoms with Gasteiger partial charge in [0.2, 0.25) is 0 Å². The zero-order valence-electron chi connectivity index (χ0n) is 17.7. The Morgan fingerprint density at radius 2 is 2.06 bits per heavy atom. The molecule has 0 spiro atoms. The third-order valence-corrected chi connectivity index (χ3v) is 5.08. The molecule has 2 aliphatic heterocycles. The number of piperazine rings is 1. The van der Waals surface area contributed by atoms with Crippen LogP contribution in [0.5, 0.6) is 0 Å². The van der Waals surface area contributed by atoms with E-state index in [1.54, 1.807) is 26.1 Å². The molecule has 3 rings (SSSR count). The Balaban J connectivity index is 2.13. The fourth-order valence-electron chi connectivity index (χ4n) is 3.49. The predicted octanol–water partition coefficient (Wildman–Crippen LogP) is 3.73. The second-order valence-electron chi connectivity index (χ2n) is 7.32. The van der Waals surface area contributed by atoms with E-state index in [1.807, 2.05) is 11.8 Å². The Labute approximate surface area is 179 Å². The number of carbonyl (C=O) groups excluding carboxylic acids is 1. The van der Waals surface area contributed by atoms with Crippen molar-refractivity contribution in [3.8, 4) is 0 Å². The minimum absolute atomic E-state index is 0.164. The van der Waals surface area contributed by atoms with E-state index in [0.717, 1.165) is 18.6 Å². The minimum Gasteiger partial charge on any atom is -0.441 e. The maximum Gasteiger partial charge on any atom is 0.416 e. The van der Waals surface area contributed by atoms with Crippen molar-refractivity contribution in [1.82, 2.24) is 15.6 Å². The number of allylic oxidation sites excluding steroid dienone is 2. The van der Waals surface area contributed by atoms with Crippen LogP contribution in [0.2, 0.25) is 0 Å². The number of anilines is 1. The van der Waals surface area contributed by atoms with Crippen molar-refractivity contribution >= 4 is 23.3 Å². The molecular weight excluding hydrogens is 411 g/mol. The fraction of sp³-hybridized carbons (Fsp3) is 0.476. The van der Waals surface area contributed by atoms with Gasteiger partial charge in [-0.25, -0.2) is 14.8 Å². The first-order chi connectivity index (χ1) is 14.7. The van der Waals surface area contributed by atoms with E-state index in [4.69, 9.17) is 4.74 Å². The Morgan fingerprint density at radius 3 is 2.71 bits per heavy atom. The van der Waals surface area contributed by atoms with Gasteiger partial charge in [0.15, 0.2) is 0 Å². The van der Waals surface area contributed by atoms with E-state index >= 15 is 0 Å². The molecule has 0 bridgehead atoms. The standard InChI is InChI=1S/C21H26F3N5O2/c1-4-5-6-26-19-18(14(3)31-20(30)28-19)13(2)16-11-15(21(22,23)24)12-17(27-16)29-9-7-25-8-10-29/h5-6,11-12,14,25H,4,7-10H2,1-3H3,(H,26,28,30)/b6-5+,18-13+. The second-order valence-corrected chi connectivity index (χ2v) is 7.32. The molecule has 168 valence electrons. The van der Waals surface area contributed by atoms with Crippen LogP contribution in [0.25, 0.3) is 5.57 Å². The Bertz CT molecular complexity index is 918. The summed E-state index contributed by atoms with van der Waals surface area (Å²) in [6.07, 6.45) is -1.77. The number of alkyl carbamates (subject to hydrolysis) is 1. The van der Waals surface area contributed by atoms with Crippen molar-refractivity contribution in [2.75, 3.05) is 31.1 Å². The highest BCUT2D eigenvalue weighted by atomic mass is 19.4. The molecule has 31 heavy (non-hydrogen) atoms. The van der Waals surface area contributed by atoms with Gasteiger partial charge in [-0.1, -0.05) is 13.0 Å². The number of nitrogens with zero attached hydrogens (tertiary/aromatic N) is 3. The summed E-state index contributed by atoms with van der Waals surface area (Å²) in [6, 6.07) is 2.10. The number of hydrogen-bond acceptors (Lipinski definition) is 6. The number of aliphatic imine (C=N–C) groups is 1. The average Bonchev–Trinajstić information content (AvgIpc) is 2.73. The van der Waals surface area contributed by atoms with Crippen molar-refractivity contribution in [3.05, 3.63) is 41.2 Å². The summed E-state index contributed by atoms with van der Waals surface area (Å²) in [5.74, 6) is 0.512. The summed E-state index contributed by atoms with van der Waals surface area (Å²) in [7, 11) is 0. The first-order valence-corrected chi connectivity index (χ1v) is 10.2. The number of rotatable bonds is 4. The minimum atomic E-state index is -4.52. The van der Waals surface area contributed by atoms with E-state index in [-0.39, 0.29) is 17.3 Å². The molecule has 1 aromatic heterocycles. The number of halogens is 3. The number of aromatic nitrogens is 1. The van der Waals surface area contributed by atoms with Gasteiger partial charge in [-0.2, -0.15) is 13.2 Å². The van der Waals surface area contributed by atoms with Crippen LogP contribution in [0, 0.1) is 0 Å². The first kappa shape index (κ1) is 22.8. The normalized spacial score (nSPS) is 23.2. The largest absolute Gasteiger partial charge is 0.441 e. The smallest absolute Gasteiger partial charge is 0.416 e. The molecule has 0 radical (unpaired) electrons. The summed E-state index contributed by atoms with van der Waals surface area (Å²) in [6.45, 7) is 7.72. The molecule has 0 aromatic carbocycles. The number of ether oxygens (including phenoxy) is 1. The molecule has 2 fully saturated rings. The van der Waals surface area contributed by atoms with Crippen LogP contribution in [-0.2, 0) is 10.9 Å². The van der Waals surface area contributed by atoms with E-state index in [9.17, 15) is 18.0 Å². The quantitative estimate of drug-likeness (QED) is 0.751. The first-order valence-electron chi connectivity index (χ1n) is 10.2. The van der Waals surface area contributed by atoms with Crippen molar-refractivity contribution in [1.29, 1.82) is 0 Å². The van der Waals surface area contributed by atoms with E-state index < -0.39 is 23.9 Å². The lowest BCUT2D eigenvalue weighted by atomic mass is 9.98. The number of amidine groups is 1. The Hall–Kier alpha value is -2.88. The van der Waals surface area contributed by atoms with Gasteiger partial charge in [0.1, 0.15) is 17.8 Å². The molecule has 7 nitrogen and oxygen atoms in total. The topological polar surface area (TPSA) is 78.8 Å². The number of hydrogen-bond donors (Lipinski definition) is 2. The van der Waals surface area contributed by atoms with E-state index in [1.165, 1.54) is 0 Å². The SMILES string of the molecule is CC/C=C/N=C1\NC(=O)OC(C)\C1=C(\C)c1cc(C(F)(F)F)cc(N2CCNCC2)n1. The van der Waals surface area contributed by atoms with Crippen molar-refractivity contribution in [2.24, 2.45) is 4.99 Å². The molecule has 10 heteroatoms. The molecule has 1 atom stereocenters. The highest BCUT2D eigenvalue weighted by Gasteiger charge is 2.34. The van der Waals surface area contributed by atoms with Crippen LogP contribution in [0.1, 0.15) is 38.4 Å². The van der Waals surface area contributed by atoms with E-state index in [2.05, 4.69) is 20.6 Å². The maximum atomic E-state index is 13.6. The molecule has 0 saturated carbocycles. The Kier molecular flexibility index (Phi) is 6.99. The van der Waals surface area contributed by atoms with Crippen molar-refractivity contribution in [2.45, 2.75) is 39.5 Å². The zero-order chi connectivity index (χ0) is 22.6. The monoisotopic (exact) mass is 437 g/mol. The third-order valence-electron chi connectivity index (χ3n) is 5.08. The number of nitrogens with one attached hydrogen (secondary N) is 2. The lowest BCUT2D eigenvalue weighted by Gasteiger charge is -2.30.